The average molecular weight is 309 g/mol. The Labute approximate surface area is 134 Å². The Bertz CT molecular complexity index is 465. The molecule has 0 aromatic carbocycles. The van der Waals surface area contributed by atoms with Gasteiger partial charge in [-0.25, -0.2) is 0 Å². The van der Waals surface area contributed by atoms with Gasteiger partial charge in [0.1, 0.15) is 0 Å². The van der Waals surface area contributed by atoms with E-state index in [1.165, 1.54) is 0 Å². The number of likely N-dealkylation sites (tertiary alicyclic amines) is 1. The third-order valence-electron chi connectivity index (χ3n) is 4.73. The van der Waals surface area contributed by atoms with Gasteiger partial charge in [-0.1, -0.05) is 20.8 Å². The van der Waals surface area contributed by atoms with Gasteiger partial charge in [0.25, 0.3) is 0 Å². The summed E-state index contributed by atoms with van der Waals surface area (Å²) in [4.78, 5) is 13.4. The molecule has 1 fully saturated rings. The summed E-state index contributed by atoms with van der Waals surface area (Å²) < 4.78 is 0. The Hall–Kier alpha value is -1.65. The fourth-order valence-electron chi connectivity index (χ4n) is 2.56. The van der Waals surface area contributed by atoms with Crippen LogP contribution in [-0.4, -0.2) is 29.1 Å². The van der Waals surface area contributed by atoms with Crippen molar-refractivity contribution >= 4 is 5.97 Å². The molecule has 1 aliphatic heterocycles. The zero-order valence-electron chi connectivity index (χ0n) is 14.5. The van der Waals surface area contributed by atoms with Crippen LogP contribution in [0.5, 0.6) is 0 Å². The van der Waals surface area contributed by atoms with Crippen molar-refractivity contribution in [3.05, 3.63) is 23.7 Å². The van der Waals surface area contributed by atoms with E-state index in [0.29, 0.717) is 5.82 Å². The van der Waals surface area contributed by atoms with Gasteiger partial charge in [0.2, 0.25) is 0 Å². The van der Waals surface area contributed by atoms with Gasteiger partial charge in [-0.15, -0.1) is 0 Å². The van der Waals surface area contributed by atoms with Gasteiger partial charge in [0.05, 0.1) is 11.2 Å². The average Bonchev–Trinajstić information content (AvgIpc) is 2.43. The molecule has 126 valence electrons. The van der Waals surface area contributed by atoms with Crippen LogP contribution in [0.2, 0.25) is 0 Å². The maximum atomic E-state index is 11.3. The molecule has 0 saturated carbocycles. The lowest BCUT2D eigenvalue weighted by molar-refractivity contribution is -0.151. The van der Waals surface area contributed by atoms with Gasteiger partial charge in [0, 0.05) is 24.2 Å². The number of aliphatic carboxylic acids is 1. The first-order chi connectivity index (χ1) is 9.96. The van der Waals surface area contributed by atoms with Crippen molar-refractivity contribution in [3.8, 4) is 0 Å². The molecule has 0 aliphatic carbocycles. The molecule has 0 aromatic heterocycles. The van der Waals surface area contributed by atoms with Crippen LogP contribution in [0.3, 0.4) is 0 Å². The number of carboxylic acids is 1. The third kappa shape index (κ3) is 4.42. The highest BCUT2D eigenvalue weighted by molar-refractivity contribution is 5.74. The standard InChI is InChI=1S/C17H31N3O2/c1-16(2,3)13(18)6-7-14(19)20-10-8-12(9-11-20)17(4,5)15(21)22/h6-7,12H,8-11,18-19H2,1-5H3,(H,21,22)/b13-6-,14-7+. The van der Waals surface area contributed by atoms with E-state index in [-0.39, 0.29) is 11.3 Å². The first-order valence-electron chi connectivity index (χ1n) is 7.88. The van der Waals surface area contributed by atoms with Gasteiger partial charge >= 0.3 is 5.97 Å². The van der Waals surface area contributed by atoms with Gasteiger partial charge < -0.3 is 21.5 Å². The molecule has 1 aliphatic rings. The van der Waals surface area contributed by atoms with Gasteiger partial charge in [-0.2, -0.15) is 0 Å². The Kier molecular flexibility index (Phi) is 5.54. The van der Waals surface area contributed by atoms with Crippen LogP contribution in [-0.2, 0) is 4.79 Å². The van der Waals surface area contributed by atoms with Gasteiger partial charge in [0.15, 0.2) is 0 Å². The Morgan fingerprint density at radius 1 is 1.09 bits per heavy atom. The second kappa shape index (κ2) is 6.63. The molecule has 1 heterocycles. The summed E-state index contributed by atoms with van der Waals surface area (Å²) in [5.41, 5.74) is 12.2. The molecule has 0 atom stereocenters. The highest BCUT2D eigenvalue weighted by Crippen LogP contribution is 2.35. The lowest BCUT2D eigenvalue weighted by Crippen LogP contribution is -2.42. The first-order valence-corrected chi connectivity index (χ1v) is 7.88. The molecular weight excluding hydrogens is 278 g/mol. The van der Waals surface area contributed by atoms with Crippen molar-refractivity contribution in [2.24, 2.45) is 28.2 Å². The number of carboxylic acid groups (broad SMARTS) is 1. The molecule has 0 radical (unpaired) electrons. The molecule has 22 heavy (non-hydrogen) atoms. The summed E-state index contributed by atoms with van der Waals surface area (Å²) in [5.74, 6) is 0.151. The van der Waals surface area contributed by atoms with E-state index in [1.54, 1.807) is 0 Å². The fourth-order valence-corrected chi connectivity index (χ4v) is 2.56. The number of hydrogen-bond donors (Lipinski definition) is 3. The molecule has 1 saturated heterocycles. The number of nitrogens with zero attached hydrogens (tertiary/aromatic N) is 1. The van der Waals surface area contributed by atoms with E-state index in [2.05, 4.69) is 25.7 Å². The van der Waals surface area contributed by atoms with Crippen LogP contribution < -0.4 is 11.5 Å². The van der Waals surface area contributed by atoms with Gasteiger partial charge in [-0.05, 0) is 44.8 Å². The van der Waals surface area contributed by atoms with E-state index in [9.17, 15) is 9.90 Å². The molecule has 0 aromatic rings. The summed E-state index contributed by atoms with van der Waals surface area (Å²) in [6.45, 7) is 11.4. The van der Waals surface area contributed by atoms with E-state index in [1.807, 2.05) is 26.0 Å². The number of rotatable bonds is 4. The normalized spacial score (nSPS) is 19.4. The van der Waals surface area contributed by atoms with Crippen LogP contribution in [0, 0.1) is 16.7 Å². The first kappa shape index (κ1) is 18.4. The Balaban J connectivity index is 2.67. The second-order valence-corrected chi connectivity index (χ2v) is 7.75. The van der Waals surface area contributed by atoms with Gasteiger partial charge in [-0.3, -0.25) is 4.79 Å². The zero-order chi connectivity index (χ0) is 17.1. The number of allylic oxidation sites excluding steroid dienone is 3. The summed E-state index contributed by atoms with van der Waals surface area (Å²) in [6.07, 6.45) is 5.39. The molecule has 5 heteroatoms. The minimum Gasteiger partial charge on any atom is -0.481 e. The second-order valence-electron chi connectivity index (χ2n) is 7.75. The smallest absolute Gasteiger partial charge is 0.309 e. The molecule has 0 spiro atoms. The largest absolute Gasteiger partial charge is 0.481 e. The SMILES string of the molecule is CC(C)(C)/C(N)=C/C=C(\N)N1CCC(C(C)(C)C(=O)O)CC1. The van der Waals surface area contributed by atoms with Crippen LogP contribution in [0.4, 0.5) is 0 Å². The number of carbonyl (C=O) groups is 1. The topological polar surface area (TPSA) is 92.6 Å². The molecular formula is C17H31N3O2. The van der Waals surface area contributed by atoms with E-state index < -0.39 is 11.4 Å². The summed E-state index contributed by atoms with van der Waals surface area (Å²) in [6, 6.07) is 0. The summed E-state index contributed by atoms with van der Waals surface area (Å²) in [7, 11) is 0. The molecule has 5 N–H and O–H groups in total. The number of nitrogens with two attached hydrogens (primary N) is 2. The molecule has 0 amide bonds. The van der Waals surface area contributed by atoms with E-state index in [0.717, 1.165) is 31.6 Å². The summed E-state index contributed by atoms with van der Waals surface area (Å²) >= 11 is 0. The van der Waals surface area contributed by atoms with Crippen molar-refractivity contribution < 1.29 is 9.90 Å². The predicted molar refractivity (Wildman–Crippen MR) is 89.7 cm³/mol. The molecule has 0 bridgehead atoms. The Morgan fingerprint density at radius 2 is 1.59 bits per heavy atom. The van der Waals surface area contributed by atoms with Crippen molar-refractivity contribution in [2.45, 2.75) is 47.5 Å². The molecule has 5 nitrogen and oxygen atoms in total. The lowest BCUT2D eigenvalue weighted by Gasteiger charge is -2.39. The van der Waals surface area contributed by atoms with Crippen LogP contribution in [0.1, 0.15) is 47.5 Å². The molecule has 0 unspecified atom stereocenters. The highest BCUT2D eigenvalue weighted by Gasteiger charge is 2.38. The molecule has 1 rings (SSSR count). The minimum absolute atomic E-state index is 0.0741. The van der Waals surface area contributed by atoms with Crippen LogP contribution >= 0.6 is 0 Å². The van der Waals surface area contributed by atoms with Crippen molar-refractivity contribution in [2.75, 3.05) is 13.1 Å². The van der Waals surface area contributed by atoms with E-state index in [4.69, 9.17) is 11.5 Å². The zero-order valence-corrected chi connectivity index (χ0v) is 14.5. The Morgan fingerprint density at radius 3 is 2.00 bits per heavy atom. The maximum absolute atomic E-state index is 11.3. The van der Waals surface area contributed by atoms with Crippen molar-refractivity contribution in [3.63, 3.8) is 0 Å². The van der Waals surface area contributed by atoms with E-state index >= 15 is 0 Å². The third-order valence-corrected chi connectivity index (χ3v) is 4.73. The fraction of sp³-hybridized carbons (Fsp3) is 0.706. The monoisotopic (exact) mass is 309 g/mol. The predicted octanol–water partition coefficient (Wildman–Crippen LogP) is 2.50. The van der Waals surface area contributed by atoms with Crippen LogP contribution in [0.25, 0.3) is 0 Å². The number of piperidine rings is 1. The lowest BCUT2D eigenvalue weighted by atomic mass is 9.74. The van der Waals surface area contributed by atoms with Crippen molar-refractivity contribution in [1.82, 2.24) is 4.90 Å². The highest BCUT2D eigenvalue weighted by atomic mass is 16.4. The maximum Gasteiger partial charge on any atom is 0.309 e. The minimum atomic E-state index is -0.727. The summed E-state index contributed by atoms with van der Waals surface area (Å²) in [5, 5.41) is 9.32. The van der Waals surface area contributed by atoms with Crippen molar-refractivity contribution in [1.29, 1.82) is 0 Å². The quantitative estimate of drug-likeness (QED) is 0.694. The number of hydrogen-bond acceptors (Lipinski definition) is 4. The van der Waals surface area contributed by atoms with Crippen LogP contribution in [0.15, 0.2) is 23.7 Å².